The van der Waals surface area contributed by atoms with Crippen molar-refractivity contribution >= 4 is 23.2 Å². The molecule has 0 unspecified atom stereocenters. The molecule has 4 heterocycles. The first-order valence-electron chi connectivity index (χ1n) is 11.9. The number of rotatable bonds is 6. The van der Waals surface area contributed by atoms with Crippen molar-refractivity contribution in [2.75, 3.05) is 11.9 Å². The number of anilines is 1. The third kappa shape index (κ3) is 5.22. The Balaban J connectivity index is 1.55. The Morgan fingerprint density at radius 3 is 2.69 bits per heavy atom. The van der Waals surface area contributed by atoms with Gasteiger partial charge in [0, 0.05) is 60.0 Å². The van der Waals surface area contributed by atoms with E-state index in [0.717, 1.165) is 33.0 Å². The average Bonchev–Trinajstić information content (AvgIpc) is 3.54. The fourth-order valence-corrected chi connectivity index (χ4v) is 5.30. The van der Waals surface area contributed by atoms with Crippen LogP contribution in [0.3, 0.4) is 0 Å². The highest BCUT2D eigenvalue weighted by atomic mass is 32.1. The molecule has 1 aliphatic rings. The minimum atomic E-state index is -0.295. The van der Waals surface area contributed by atoms with Gasteiger partial charge in [0.25, 0.3) is 0 Å². The van der Waals surface area contributed by atoms with Crippen molar-refractivity contribution < 1.29 is 9.21 Å². The van der Waals surface area contributed by atoms with Gasteiger partial charge in [-0.05, 0) is 31.9 Å². The Labute approximate surface area is 207 Å². The lowest BCUT2D eigenvalue weighted by Crippen LogP contribution is -2.28. The Hall–Kier alpha value is -3.66. The Bertz CT molecular complexity index is 1330. The van der Waals surface area contributed by atoms with Crippen LogP contribution < -0.4 is 10.6 Å². The van der Waals surface area contributed by atoms with E-state index in [1.165, 1.54) is 32.1 Å². The molecule has 2 N–H and O–H groups in total. The quantitative estimate of drug-likeness (QED) is 0.350. The molecule has 0 aliphatic heterocycles. The van der Waals surface area contributed by atoms with Crippen molar-refractivity contribution in [1.29, 1.82) is 0 Å². The zero-order valence-corrected chi connectivity index (χ0v) is 20.6. The van der Waals surface area contributed by atoms with Crippen LogP contribution in [0.25, 0.3) is 33.2 Å². The second kappa shape index (κ2) is 10.3. The summed E-state index contributed by atoms with van der Waals surface area (Å²) in [5.74, 6) is 1.87. The topological polar surface area (TPSA) is 119 Å². The predicted molar refractivity (Wildman–Crippen MR) is 135 cm³/mol. The molecule has 2 amide bonds. The van der Waals surface area contributed by atoms with Gasteiger partial charge >= 0.3 is 6.03 Å². The monoisotopic (exact) mass is 489 g/mol. The van der Waals surface area contributed by atoms with Gasteiger partial charge in [-0.3, -0.25) is 10.3 Å². The van der Waals surface area contributed by atoms with E-state index in [0.29, 0.717) is 30.1 Å². The number of carbonyl (C=O) groups excluding carboxylic acids is 1. The van der Waals surface area contributed by atoms with E-state index in [1.54, 1.807) is 36.9 Å². The van der Waals surface area contributed by atoms with Gasteiger partial charge in [0.1, 0.15) is 10.8 Å². The number of aryl methyl sites for hydroxylation is 1. The van der Waals surface area contributed by atoms with Crippen LogP contribution >= 0.6 is 11.3 Å². The van der Waals surface area contributed by atoms with E-state index in [1.807, 2.05) is 19.1 Å². The molecule has 1 fully saturated rings. The van der Waals surface area contributed by atoms with E-state index in [-0.39, 0.29) is 6.03 Å². The van der Waals surface area contributed by atoms with Crippen molar-refractivity contribution in [2.45, 2.75) is 51.9 Å². The van der Waals surface area contributed by atoms with Crippen LogP contribution in [0, 0.1) is 6.92 Å². The lowest BCUT2D eigenvalue weighted by atomic mass is 9.87. The molecule has 10 heteroatoms. The third-order valence-electron chi connectivity index (χ3n) is 6.08. The summed E-state index contributed by atoms with van der Waals surface area (Å²) < 4.78 is 5.59. The minimum Gasteiger partial charge on any atom is -0.421 e. The molecule has 0 radical (unpaired) electrons. The molecule has 180 valence electrons. The highest BCUT2D eigenvalue weighted by molar-refractivity contribution is 7.13. The lowest BCUT2D eigenvalue weighted by molar-refractivity contribution is 0.252. The summed E-state index contributed by atoms with van der Waals surface area (Å²) in [7, 11) is 0. The third-order valence-corrected chi connectivity index (χ3v) is 6.97. The number of carbonyl (C=O) groups is 1. The average molecular weight is 490 g/mol. The van der Waals surface area contributed by atoms with Crippen molar-refractivity contribution in [2.24, 2.45) is 0 Å². The first kappa shape index (κ1) is 23.1. The number of nitrogens with one attached hydrogen (secondary N) is 2. The van der Waals surface area contributed by atoms with E-state index < -0.39 is 0 Å². The first-order chi connectivity index (χ1) is 17.1. The van der Waals surface area contributed by atoms with Gasteiger partial charge in [-0.25, -0.2) is 14.8 Å². The molecule has 0 aromatic carbocycles. The minimum absolute atomic E-state index is 0.295. The SMILES string of the molecule is CCNC(=O)Nc1cc(-c2nc(C3CCCCC3)cs2)c(-c2cncc(-c3nnc(C)o3)c2)cn1. The molecule has 5 rings (SSSR count). The molecule has 4 aromatic heterocycles. The van der Waals surface area contributed by atoms with Crippen LogP contribution in [-0.2, 0) is 0 Å². The molecule has 0 spiro atoms. The number of hydrogen-bond acceptors (Lipinski definition) is 8. The van der Waals surface area contributed by atoms with E-state index in [4.69, 9.17) is 9.40 Å². The van der Waals surface area contributed by atoms with E-state index in [2.05, 4.69) is 36.2 Å². The maximum atomic E-state index is 12.1. The van der Waals surface area contributed by atoms with Gasteiger partial charge in [-0.15, -0.1) is 21.5 Å². The number of urea groups is 1. The van der Waals surface area contributed by atoms with E-state index >= 15 is 0 Å². The Kier molecular flexibility index (Phi) is 6.80. The smallest absolute Gasteiger partial charge is 0.320 e. The number of amides is 2. The largest absolute Gasteiger partial charge is 0.421 e. The molecule has 1 saturated carbocycles. The molecule has 0 bridgehead atoms. The van der Waals surface area contributed by atoms with Crippen molar-refractivity contribution in [3.63, 3.8) is 0 Å². The van der Waals surface area contributed by atoms with Gasteiger partial charge in [-0.2, -0.15) is 0 Å². The summed E-state index contributed by atoms with van der Waals surface area (Å²) in [5.41, 5.74) is 4.47. The second-order valence-corrected chi connectivity index (χ2v) is 9.46. The summed E-state index contributed by atoms with van der Waals surface area (Å²) in [6.07, 6.45) is 11.4. The number of thiazole rings is 1. The van der Waals surface area contributed by atoms with Crippen LogP contribution in [0.2, 0.25) is 0 Å². The van der Waals surface area contributed by atoms with Gasteiger partial charge in [-0.1, -0.05) is 19.3 Å². The van der Waals surface area contributed by atoms with Crippen molar-refractivity contribution in [3.8, 4) is 33.2 Å². The predicted octanol–water partition coefficient (Wildman–Crippen LogP) is 5.81. The highest BCUT2D eigenvalue weighted by Crippen LogP contribution is 2.39. The van der Waals surface area contributed by atoms with Crippen LogP contribution in [-0.4, -0.2) is 37.7 Å². The number of hydrogen-bond donors (Lipinski definition) is 2. The van der Waals surface area contributed by atoms with Crippen LogP contribution in [0.1, 0.15) is 56.5 Å². The summed E-state index contributed by atoms with van der Waals surface area (Å²) in [6, 6.07) is 3.53. The summed E-state index contributed by atoms with van der Waals surface area (Å²) in [5, 5.41) is 16.6. The Morgan fingerprint density at radius 1 is 1.09 bits per heavy atom. The molecule has 35 heavy (non-hydrogen) atoms. The van der Waals surface area contributed by atoms with Crippen molar-refractivity contribution in [1.82, 2.24) is 30.5 Å². The molecule has 4 aromatic rings. The standard InChI is InChI=1S/C25H27N7O2S/c1-3-27-25(33)30-22-10-19(24-29-21(14-35-24)16-7-5-4-6-8-16)20(13-28-22)17-9-18(12-26-11-17)23-32-31-15(2)34-23/h9-14,16H,3-8H2,1-2H3,(H2,27,28,30,33). The highest BCUT2D eigenvalue weighted by Gasteiger charge is 2.21. The van der Waals surface area contributed by atoms with E-state index in [9.17, 15) is 4.79 Å². The summed E-state index contributed by atoms with van der Waals surface area (Å²) in [6.45, 7) is 4.15. The zero-order chi connectivity index (χ0) is 24.2. The normalized spacial score (nSPS) is 14.1. The molecule has 9 nitrogen and oxygen atoms in total. The fraction of sp³-hybridized carbons (Fsp3) is 0.360. The first-order valence-corrected chi connectivity index (χ1v) is 12.7. The van der Waals surface area contributed by atoms with Crippen LogP contribution in [0.15, 0.2) is 40.5 Å². The molecular weight excluding hydrogens is 462 g/mol. The van der Waals surface area contributed by atoms with Crippen LogP contribution in [0.5, 0.6) is 0 Å². The number of nitrogens with zero attached hydrogens (tertiary/aromatic N) is 5. The zero-order valence-electron chi connectivity index (χ0n) is 19.7. The number of aromatic nitrogens is 5. The summed E-state index contributed by atoms with van der Waals surface area (Å²) >= 11 is 1.62. The fourth-order valence-electron chi connectivity index (χ4n) is 4.36. The second-order valence-electron chi connectivity index (χ2n) is 8.60. The number of pyridine rings is 2. The molecular formula is C25H27N7O2S. The maximum Gasteiger partial charge on any atom is 0.320 e. The Morgan fingerprint density at radius 2 is 1.91 bits per heavy atom. The maximum absolute atomic E-state index is 12.1. The van der Waals surface area contributed by atoms with Gasteiger partial charge in [0.2, 0.25) is 11.8 Å². The molecule has 0 atom stereocenters. The van der Waals surface area contributed by atoms with Gasteiger partial charge in [0.05, 0.1) is 11.3 Å². The van der Waals surface area contributed by atoms with Gasteiger partial charge in [0.15, 0.2) is 0 Å². The molecule has 1 aliphatic carbocycles. The van der Waals surface area contributed by atoms with Crippen molar-refractivity contribution in [3.05, 3.63) is 47.7 Å². The molecule has 0 saturated heterocycles. The summed E-state index contributed by atoms with van der Waals surface area (Å²) in [4.78, 5) is 26.0. The van der Waals surface area contributed by atoms with Gasteiger partial charge < -0.3 is 9.73 Å². The van der Waals surface area contributed by atoms with Crippen LogP contribution in [0.4, 0.5) is 10.6 Å². The lowest BCUT2D eigenvalue weighted by Gasteiger charge is -2.19.